The van der Waals surface area contributed by atoms with Crippen molar-refractivity contribution in [2.45, 2.75) is 20.3 Å². The second-order valence-electron chi connectivity index (χ2n) is 4.61. The lowest BCUT2D eigenvalue weighted by Crippen LogP contribution is -2.12. The standard InChI is InChI=1S/C15H17F2N3O4/c1-3-23-13-6-10(4-5-12(13)24-15(16)17)14(21)19-11-7-18-20(8-11)9-22-2/h4-8,15H,3,9H2,1-2H3,(H,19,21). The molecule has 1 N–H and O–H groups in total. The van der Waals surface area contributed by atoms with E-state index < -0.39 is 12.5 Å². The van der Waals surface area contributed by atoms with Crippen LogP contribution >= 0.6 is 0 Å². The first kappa shape index (κ1) is 17.7. The monoisotopic (exact) mass is 341 g/mol. The number of anilines is 1. The van der Waals surface area contributed by atoms with Crippen LogP contribution in [0.5, 0.6) is 11.5 Å². The van der Waals surface area contributed by atoms with Gasteiger partial charge in [0.05, 0.1) is 24.7 Å². The van der Waals surface area contributed by atoms with Crippen LogP contribution in [0.2, 0.25) is 0 Å². The molecule has 1 aromatic heterocycles. The summed E-state index contributed by atoms with van der Waals surface area (Å²) in [4.78, 5) is 12.2. The van der Waals surface area contributed by atoms with E-state index in [2.05, 4.69) is 15.2 Å². The maximum Gasteiger partial charge on any atom is 0.387 e. The molecule has 0 saturated heterocycles. The van der Waals surface area contributed by atoms with E-state index in [9.17, 15) is 13.6 Å². The number of halogens is 2. The van der Waals surface area contributed by atoms with E-state index in [4.69, 9.17) is 9.47 Å². The van der Waals surface area contributed by atoms with Crippen molar-refractivity contribution < 1.29 is 27.8 Å². The minimum atomic E-state index is -2.98. The second-order valence-corrected chi connectivity index (χ2v) is 4.61. The SMILES string of the molecule is CCOc1cc(C(=O)Nc2cnn(COC)c2)ccc1OC(F)F. The predicted molar refractivity (Wildman–Crippen MR) is 81.4 cm³/mol. The molecule has 1 heterocycles. The Labute approximate surface area is 137 Å². The highest BCUT2D eigenvalue weighted by atomic mass is 19.3. The normalized spacial score (nSPS) is 10.7. The van der Waals surface area contributed by atoms with Gasteiger partial charge < -0.3 is 19.5 Å². The van der Waals surface area contributed by atoms with Gasteiger partial charge in [-0.1, -0.05) is 0 Å². The van der Waals surface area contributed by atoms with Crippen molar-refractivity contribution in [3.05, 3.63) is 36.2 Å². The Morgan fingerprint density at radius 3 is 2.83 bits per heavy atom. The van der Waals surface area contributed by atoms with E-state index in [1.807, 2.05) is 0 Å². The fraction of sp³-hybridized carbons (Fsp3) is 0.333. The first-order valence-electron chi connectivity index (χ1n) is 7.08. The quantitative estimate of drug-likeness (QED) is 0.799. The van der Waals surface area contributed by atoms with Crippen LogP contribution < -0.4 is 14.8 Å². The maximum absolute atomic E-state index is 12.4. The number of carbonyl (C=O) groups excluding carboxylic acids is 1. The van der Waals surface area contributed by atoms with Crippen molar-refractivity contribution in [1.29, 1.82) is 0 Å². The van der Waals surface area contributed by atoms with E-state index in [-0.39, 0.29) is 30.4 Å². The van der Waals surface area contributed by atoms with Crippen LogP contribution in [0.15, 0.2) is 30.6 Å². The largest absolute Gasteiger partial charge is 0.490 e. The van der Waals surface area contributed by atoms with Gasteiger partial charge >= 0.3 is 6.61 Å². The number of hydrogen-bond donors (Lipinski definition) is 1. The minimum absolute atomic E-state index is 0.0699. The molecule has 130 valence electrons. The van der Waals surface area contributed by atoms with Gasteiger partial charge in [-0.2, -0.15) is 13.9 Å². The van der Waals surface area contributed by atoms with Gasteiger partial charge in [0.25, 0.3) is 5.91 Å². The van der Waals surface area contributed by atoms with E-state index >= 15 is 0 Å². The smallest absolute Gasteiger partial charge is 0.387 e. The predicted octanol–water partition coefficient (Wildman–Crippen LogP) is 2.74. The number of benzene rings is 1. The van der Waals surface area contributed by atoms with Crippen molar-refractivity contribution in [2.75, 3.05) is 19.0 Å². The van der Waals surface area contributed by atoms with Gasteiger partial charge in [-0.15, -0.1) is 0 Å². The third-order valence-electron chi connectivity index (χ3n) is 2.87. The number of aromatic nitrogens is 2. The molecule has 0 aliphatic heterocycles. The Bertz CT molecular complexity index is 691. The van der Waals surface area contributed by atoms with Crippen molar-refractivity contribution >= 4 is 11.6 Å². The lowest BCUT2D eigenvalue weighted by Gasteiger charge is -2.12. The molecule has 0 saturated carbocycles. The van der Waals surface area contributed by atoms with Gasteiger partial charge in [0.2, 0.25) is 0 Å². The summed E-state index contributed by atoms with van der Waals surface area (Å²) in [7, 11) is 1.53. The topological polar surface area (TPSA) is 74.6 Å². The summed E-state index contributed by atoms with van der Waals surface area (Å²) in [6, 6.07) is 3.98. The maximum atomic E-state index is 12.4. The third-order valence-corrected chi connectivity index (χ3v) is 2.87. The third kappa shape index (κ3) is 4.66. The summed E-state index contributed by atoms with van der Waals surface area (Å²) in [5.41, 5.74) is 0.711. The van der Waals surface area contributed by atoms with Crippen LogP contribution in [-0.2, 0) is 11.5 Å². The lowest BCUT2D eigenvalue weighted by atomic mass is 10.2. The molecule has 0 radical (unpaired) electrons. The number of alkyl halides is 2. The molecule has 1 amide bonds. The fourth-order valence-corrected chi connectivity index (χ4v) is 1.95. The molecule has 0 spiro atoms. The molecule has 2 aromatic rings. The number of carbonyl (C=O) groups is 1. The van der Waals surface area contributed by atoms with Crippen molar-refractivity contribution in [3.8, 4) is 11.5 Å². The number of ether oxygens (including phenoxy) is 3. The van der Waals surface area contributed by atoms with Gasteiger partial charge in [-0.25, -0.2) is 4.68 Å². The molecule has 7 nitrogen and oxygen atoms in total. The minimum Gasteiger partial charge on any atom is -0.490 e. The molecule has 1 aromatic carbocycles. The van der Waals surface area contributed by atoms with Gasteiger partial charge in [0.15, 0.2) is 11.5 Å². The first-order chi connectivity index (χ1) is 11.5. The van der Waals surface area contributed by atoms with Crippen LogP contribution in [0.1, 0.15) is 17.3 Å². The summed E-state index contributed by atoms with van der Waals surface area (Å²) in [6.45, 7) is -0.780. The number of rotatable bonds is 8. The van der Waals surface area contributed by atoms with E-state index in [0.717, 1.165) is 0 Å². The van der Waals surface area contributed by atoms with E-state index in [0.29, 0.717) is 5.69 Å². The van der Waals surface area contributed by atoms with Crippen LogP contribution in [0.3, 0.4) is 0 Å². The summed E-state index contributed by atoms with van der Waals surface area (Å²) < 4.78 is 40.8. The zero-order chi connectivity index (χ0) is 17.5. The van der Waals surface area contributed by atoms with Crippen molar-refractivity contribution in [3.63, 3.8) is 0 Å². The highest BCUT2D eigenvalue weighted by Crippen LogP contribution is 2.30. The van der Waals surface area contributed by atoms with Gasteiger partial charge in [0, 0.05) is 12.7 Å². The summed E-state index contributed by atoms with van der Waals surface area (Å²) >= 11 is 0. The lowest BCUT2D eigenvalue weighted by molar-refractivity contribution is -0.0514. The average Bonchev–Trinajstić information content (AvgIpc) is 2.96. The Morgan fingerprint density at radius 1 is 1.38 bits per heavy atom. The molecule has 0 unspecified atom stereocenters. The van der Waals surface area contributed by atoms with Crippen LogP contribution in [0, 0.1) is 0 Å². The Hall–Kier alpha value is -2.68. The molecule has 24 heavy (non-hydrogen) atoms. The highest BCUT2D eigenvalue weighted by Gasteiger charge is 2.15. The molecule has 9 heteroatoms. The molecule has 0 bridgehead atoms. The Kier molecular flexibility index (Phi) is 6.07. The van der Waals surface area contributed by atoms with E-state index in [1.54, 1.807) is 13.1 Å². The molecule has 0 aliphatic carbocycles. The molecule has 2 rings (SSSR count). The van der Waals surface area contributed by atoms with Crippen molar-refractivity contribution in [1.82, 2.24) is 9.78 Å². The zero-order valence-corrected chi connectivity index (χ0v) is 13.2. The summed E-state index contributed by atoms with van der Waals surface area (Å²) in [6.07, 6.45) is 3.06. The number of nitrogens with one attached hydrogen (secondary N) is 1. The molecular formula is C15H17F2N3O4. The van der Waals surface area contributed by atoms with E-state index in [1.165, 1.54) is 36.2 Å². The average molecular weight is 341 g/mol. The van der Waals surface area contributed by atoms with Gasteiger partial charge in [0.1, 0.15) is 6.73 Å². The molecule has 0 fully saturated rings. The fourth-order valence-electron chi connectivity index (χ4n) is 1.95. The highest BCUT2D eigenvalue weighted by molar-refractivity contribution is 6.04. The first-order valence-corrected chi connectivity index (χ1v) is 7.08. The number of nitrogens with zero attached hydrogens (tertiary/aromatic N) is 2. The molecule has 0 atom stereocenters. The Balaban J connectivity index is 2.14. The summed E-state index contributed by atoms with van der Waals surface area (Å²) in [5, 5.41) is 6.64. The van der Waals surface area contributed by atoms with Crippen LogP contribution in [0.4, 0.5) is 14.5 Å². The Morgan fingerprint density at radius 2 is 2.17 bits per heavy atom. The van der Waals surface area contributed by atoms with Gasteiger partial charge in [-0.3, -0.25) is 4.79 Å². The number of methoxy groups -OCH3 is 1. The molecule has 0 aliphatic rings. The molecular weight excluding hydrogens is 324 g/mol. The van der Waals surface area contributed by atoms with Crippen molar-refractivity contribution in [2.24, 2.45) is 0 Å². The number of hydrogen-bond acceptors (Lipinski definition) is 5. The summed E-state index contributed by atoms with van der Waals surface area (Å²) in [5.74, 6) is -0.492. The number of amides is 1. The van der Waals surface area contributed by atoms with Crippen LogP contribution in [0.25, 0.3) is 0 Å². The second kappa shape index (κ2) is 8.25. The van der Waals surface area contributed by atoms with Crippen LogP contribution in [-0.4, -0.2) is 36.0 Å². The van der Waals surface area contributed by atoms with Gasteiger partial charge in [-0.05, 0) is 25.1 Å². The zero-order valence-electron chi connectivity index (χ0n) is 13.2.